The van der Waals surface area contributed by atoms with Crippen molar-refractivity contribution in [1.82, 2.24) is 0 Å². The highest BCUT2D eigenvalue weighted by atomic mass is 79.9. The Kier molecular flexibility index (Phi) is 1.72. The van der Waals surface area contributed by atoms with Gasteiger partial charge in [-0.05, 0) is 22.0 Å². The van der Waals surface area contributed by atoms with Gasteiger partial charge in [0.1, 0.15) is 5.75 Å². The molecule has 0 bridgehead atoms. The van der Waals surface area contributed by atoms with Gasteiger partial charge in [0.25, 0.3) is 0 Å². The Hall–Kier alpha value is -0.900. The van der Waals surface area contributed by atoms with E-state index in [2.05, 4.69) is 15.9 Å². The molecule has 1 aromatic carbocycles. The van der Waals surface area contributed by atoms with Gasteiger partial charge in [-0.15, -0.1) is 0 Å². The molecule has 0 aromatic heterocycles. The molecule has 10 heavy (non-hydrogen) atoms. The SMILES string of the molecule is Nc1cc(O)cc(Br)c1N. The number of nitrogens with two attached hydrogens (primary N) is 2. The van der Waals surface area contributed by atoms with Crippen molar-refractivity contribution in [2.75, 3.05) is 11.5 Å². The van der Waals surface area contributed by atoms with Crippen LogP contribution in [0.2, 0.25) is 0 Å². The van der Waals surface area contributed by atoms with Crippen molar-refractivity contribution in [1.29, 1.82) is 0 Å². The molecule has 0 saturated heterocycles. The van der Waals surface area contributed by atoms with Crippen LogP contribution in [-0.4, -0.2) is 5.11 Å². The van der Waals surface area contributed by atoms with Gasteiger partial charge in [-0.1, -0.05) is 0 Å². The molecule has 0 aliphatic rings. The van der Waals surface area contributed by atoms with Gasteiger partial charge < -0.3 is 16.6 Å². The van der Waals surface area contributed by atoms with Crippen molar-refractivity contribution in [3.63, 3.8) is 0 Å². The van der Waals surface area contributed by atoms with Crippen LogP contribution in [0.4, 0.5) is 11.4 Å². The number of hydrogen-bond donors (Lipinski definition) is 3. The maximum Gasteiger partial charge on any atom is 0.118 e. The van der Waals surface area contributed by atoms with Crippen LogP contribution in [0.3, 0.4) is 0 Å². The lowest BCUT2D eigenvalue weighted by atomic mass is 10.2. The second-order valence-electron chi connectivity index (χ2n) is 1.93. The summed E-state index contributed by atoms with van der Waals surface area (Å²) in [6.45, 7) is 0. The minimum absolute atomic E-state index is 0.110. The normalized spacial score (nSPS) is 9.70. The van der Waals surface area contributed by atoms with E-state index in [1.807, 2.05) is 0 Å². The molecule has 3 nitrogen and oxygen atoms in total. The van der Waals surface area contributed by atoms with Crippen LogP contribution in [0.25, 0.3) is 0 Å². The second kappa shape index (κ2) is 2.38. The van der Waals surface area contributed by atoms with Crippen LogP contribution in [0.1, 0.15) is 0 Å². The average molecular weight is 203 g/mol. The summed E-state index contributed by atoms with van der Waals surface area (Å²) < 4.78 is 0.616. The molecule has 54 valence electrons. The van der Waals surface area contributed by atoms with Crippen molar-refractivity contribution in [2.45, 2.75) is 0 Å². The van der Waals surface area contributed by atoms with Gasteiger partial charge in [0.15, 0.2) is 0 Å². The first kappa shape index (κ1) is 7.21. The molecule has 0 unspecified atom stereocenters. The van der Waals surface area contributed by atoms with Crippen molar-refractivity contribution in [3.8, 4) is 5.75 Å². The predicted molar refractivity (Wildman–Crippen MR) is 44.6 cm³/mol. The number of nitrogen functional groups attached to an aromatic ring is 2. The lowest BCUT2D eigenvalue weighted by molar-refractivity contribution is 0.475. The Bertz CT molecular complexity index is 239. The molecule has 1 rings (SSSR count). The van der Waals surface area contributed by atoms with E-state index in [4.69, 9.17) is 16.6 Å². The maximum atomic E-state index is 8.95. The zero-order valence-corrected chi connectivity index (χ0v) is 6.72. The summed E-state index contributed by atoms with van der Waals surface area (Å²) in [6, 6.07) is 2.89. The van der Waals surface area contributed by atoms with Gasteiger partial charge in [0.2, 0.25) is 0 Å². The molecule has 4 heteroatoms. The van der Waals surface area contributed by atoms with Gasteiger partial charge in [-0.3, -0.25) is 0 Å². The van der Waals surface area contributed by atoms with Crippen molar-refractivity contribution < 1.29 is 5.11 Å². The van der Waals surface area contributed by atoms with Crippen molar-refractivity contribution >= 4 is 27.3 Å². The highest BCUT2D eigenvalue weighted by Crippen LogP contribution is 2.29. The third kappa shape index (κ3) is 1.16. The fourth-order valence-electron chi connectivity index (χ4n) is 0.624. The van der Waals surface area contributed by atoms with Crippen molar-refractivity contribution in [2.24, 2.45) is 0 Å². The Morgan fingerprint density at radius 3 is 2.40 bits per heavy atom. The van der Waals surface area contributed by atoms with Crippen LogP contribution in [0.5, 0.6) is 5.75 Å². The monoisotopic (exact) mass is 202 g/mol. The third-order valence-electron chi connectivity index (χ3n) is 1.15. The van der Waals surface area contributed by atoms with Gasteiger partial charge in [0, 0.05) is 10.5 Å². The molecule has 0 radical (unpaired) electrons. The smallest absolute Gasteiger partial charge is 0.118 e. The molecule has 0 heterocycles. The van der Waals surface area contributed by atoms with E-state index in [1.165, 1.54) is 12.1 Å². The zero-order chi connectivity index (χ0) is 7.72. The topological polar surface area (TPSA) is 72.3 Å². The summed E-state index contributed by atoms with van der Waals surface area (Å²) in [5, 5.41) is 8.95. The van der Waals surface area contributed by atoms with Gasteiger partial charge in [0.05, 0.1) is 11.4 Å². The van der Waals surface area contributed by atoms with E-state index in [-0.39, 0.29) is 5.75 Å². The number of halogens is 1. The predicted octanol–water partition coefficient (Wildman–Crippen LogP) is 1.32. The van der Waals surface area contributed by atoms with E-state index >= 15 is 0 Å². The lowest BCUT2D eigenvalue weighted by Crippen LogP contribution is -1.94. The summed E-state index contributed by atoms with van der Waals surface area (Å²) in [7, 11) is 0. The summed E-state index contributed by atoms with van der Waals surface area (Å²) in [5.74, 6) is 0.110. The molecule has 0 saturated carbocycles. The Morgan fingerprint density at radius 2 is 1.90 bits per heavy atom. The Balaban J connectivity index is 3.31. The molecule has 0 aliphatic heterocycles. The van der Waals surface area contributed by atoms with Crippen molar-refractivity contribution in [3.05, 3.63) is 16.6 Å². The zero-order valence-electron chi connectivity index (χ0n) is 5.13. The first-order valence-corrected chi connectivity index (χ1v) is 3.44. The van der Waals surface area contributed by atoms with E-state index in [0.717, 1.165) is 0 Å². The number of benzene rings is 1. The number of aromatic hydroxyl groups is 1. The molecule has 1 aromatic rings. The highest BCUT2D eigenvalue weighted by molar-refractivity contribution is 9.10. The Morgan fingerprint density at radius 1 is 1.30 bits per heavy atom. The van der Waals surface area contributed by atoms with Gasteiger partial charge >= 0.3 is 0 Å². The summed E-state index contributed by atoms with van der Waals surface area (Å²) in [5.41, 5.74) is 11.7. The molecule has 0 amide bonds. The van der Waals surface area contributed by atoms with Gasteiger partial charge in [-0.25, -0.2) is 0 Å². The van der Waals surface area contributed by atoms with Gasteiger partial charge in [-0.2, -0.15) is 0 Å². The molecule has 0 atom stereocenters. The highest BCUT2D eigenvalue weighted by Gasteiger charge is 2.00. The van der Waals surface area contributed by atoms with Crippen LogP contribution < -0.4 is 11.5 Å². The fraction of sp³-hybridized carbons (Fsp3) is 0. The van der Waals surface area contributed by atoms with E-state index in [1.54, 1.807) is 0 Å². The molecule has 5 N–H and O–H groups in total. The maximum absolute atomic E-state index is 8.95. The van der Waals surface area contributed by atoms with E-state index < -0.39 is 0 Å². The minimum Gasteiger partial charge on any atom is -0.508 e. The standard InChI is InChI=1S/C6H7BrN2O/c7-4-1-3(10)2-5(8)6(4)9/h1-2,10H,8-9H2. The van der Waals surface area contributed by atoms with E-state index in [0.29, 0.717) is 15.8 Å². The van der Waals surface area contributed by atoms with E-state index in [9.17, 15) is 0 Å². The third-order valence-corrected chi connectivity index (χ3v) is 1.80. The molecular weight excluding hydrogens is 196 g/mol. The van der Waals surface area contributed by atoms with Crippen LogP contribution in [0.15, 0.2) is 16.6 Å². The van der Waals surface area contributed by atoms with Crippen LogP contribution in [-0.2, 0) is 0 Å². The quantitative estimate of drug-likeness (QED) is 0.439. The number of rotatable bonds is 0. The molecule has 0 spiro atoms. The number of anilines is 2. The first-order chi connectivity index (χ1) is 4.61. The second-order valence-corrected chi connectivity index (χ2v) is 2.78. The molecule has 0 fully saturated rings. The minimum atomic E-state index is 0.110. The molecule has 0 aliphatic carbocycles. The fourth-order valence-corrected chi connectivity index (χ4v) is 1.09. The largest absolute Gasteiger partial charge is 0.508 e. The Labute approximate surface area is 66.8 Å². The number of phenolic OH excluding ortho intramolecular Hbond substituents is 1. The number of hydrogen-bond acceptors (Lipinski definition) is 3. The summed E-state index contributed by atoms with van der Waals surface area (Å²) >= 11 is 3.13. The number of phenols is 1. The first-order valence-electron chi connectivity index (χ1n) is 2.64. The van der Waals surface area contributed by atoms with Crippen LogP contribution in [0, 0.1) is 0 Å². The lowest BCUT2D eigenvalue weighted by Gasteiger charge is -2.02. The summed E-state index contributed by atoms with van der Waals surface area (Å²) in [4.78, 5) is 0. The van der Waals surface area contributed by atoms with Crippen LogP contribution >= 0.6 is 15.9 Å². The molecular formula is C6H7BrN2O. The summed E-state index contributed by atoms with van der Waals surface area (Å²) in [6.07, 6.45) is 0. The average Bonchev–Trinajstić information content (AvgIpc) is 1.82.